The van der Waals surface area contributed by atoms with E-state index in [4.69, 9.17) is 4.98 Å². The van der Waals surface area contributed by atoms with Crippen LogP contribution < -0.4 is 0 Å². The number of nitrogens with zero attached hydrogens (tertiary/aromatic N) is 4. The number of sulfonamides is 1. The van der Waals surface area contributed by atoms with Crippen molar-refractivity contribution in [1.82, 2.24) is 18.8 Å². The molecular weight excluding hydrogens is 424 g/mol. The highest BCUT2D eigenvalue weighted by atomic mass is 32.2. The fourth-order valence-electron chi connectivity index (χ4n) is 4.97. The van der Waals surface area contributed by atoms with Gasteiger partial charge in [-0.05, 0) is 44.9 Å². The molecule has 1 saturated carbocycles. The molecule has 7 nitrogen and oxygen atoms in total. The first-order chi connectivity index (χ1) is 15.4. The maximum atomic E-state index is 13.0. The fourth-order valence-corrected chi connectivity index (χ4v) is 6.45. The number of benzene rings is 1. The van der Waals surface area contributed by atoms with Gasteiger partial charge in [-0.15, -0.1) is 0 Å². The summed E-state index contributed by atoms with van der Waals surface area (Å²) in [6, 6.07) is 5.55. The van der Waals surface area contributed by atoms with E-state index < -0.39 is 10.0 Å². The molecule has 1 aromatic heterocycles. The Morgan fingerprint density at radius 3 is 2.34 bits per heavy atom. The lowest BCUT2D eigenvalue weighted by Crippen LogP contribution is -2.41. The summed E-state index contributed by atoms with van der Waals surface area (Å²) in [4.78, 5) is 20.1. The van der Waals surface area contributed by atoms with E-state index in [0.29, 0.717) is 37.5 Å². The summed E-state index contributed by atoms with van der Waals surface area (Å²) in [6.07, 6.45) is 6.89. The minimum atomic E-state index is -3.53. The number of aromatic nitrogens is 2. The van der Waals surface area contributed by atoms with Crippen molar-refractivity contribution in [2.75, 3.05) is 19.6 Å². The van der Waals surface area contributed by atoms with E-state index in [1.54, 1.807) is 12.1 Å². The molecule has 8 heteroatoms. The fraction of sp³-hybridized carbons (Fsp3) is 0.667. The summed E-state index contributed by atoms with van der Waals surface area (Å²) in [6.45, 7) is 10.1. The lowest BCUT2D eigenvalue weighted by atomic mass is 9.94. The molecule has 32 heavy (non-hydrogen) atoms. The van der Waals surface area contributed by atoms with Crippen molar-refractivity contribution in [3.63, 3.8) is 0 Å². The highest BCUT2D eigenvalue weighted by molar-refractivity contribution is 7.89. The van der Waals surface area contributed by atoms with Gasteiger partial charge in [0.05, 0.1) is 15.9 Å². The van der Waals surface area contributed by atoms with Gasteiger partial charge in [0.25, 0.3) is 0 Å². The van der Waals surface area contributed by atoms with E-state index in [2.05, 4.69) is 11.5 Å². The van der Waals surface area contributed by atoms with Crippen LogP contribution in [0.1, 0.15) is 72.0 Å². The number of imidazole rings is 1. The standard InChI is InChI=1S/C24H38N4O3S/c1-5-26(6-2)32(30,31)20-14-15-22-21(18-20)25-23(28(22)8-4)16-17-24(29)27(7-3)19-12-10-9-11-13-19/h14-15,18-19H,5-13,16-17H2,1-4H3. The zero-order valence-electron chi connectivity index (χ0n) is 20.0. The van der Waals surface area contributed by atoms with Crippen molar-refractivity contribution in [2.45, 2.75) is 90.1 Å². The molecule has 1 aliphatic rings. The number of amides is 1. The second kappa shape index (κ2) is 10.8. The molecule has 0 unspecified atom stereocenters. The first kappa shape index (κ1) is 24.7. The van der Waals surface area contributed by atoms with Crippen LogP contribution in [0.25, 0.3) is 11.0 Å². The van der Waals surface area contributed by atoms with Crippen molar-refractivity contribution in [3.05, 3.63) is 24.0 Å². The Morgan fingerprint density at radius 1 is 1.06 bits per heavy atom. The van der Waals surface area contributed by atoms with E-state index in [0.717, 1.165) is 37.3 Å². The Balaban J connectivity index is 1.81. The zero-order valence-corrected chi connectivity index (χ0v) is 20.8. The van der Waals surface area contributed by atoms with Crippen LogP contribution in [0.4, 0.5) is 0 Å². The Hall–Kier alpha value is -1.93. The molecule has 1 fully saturated rings. The Kier molecular flexibility index (Phi) is 8.33. The van der Waals surface area contributed by atoms with E-state index in [9.17, 15) is 13.2 Å². The molecule has 0 radical (unpaired) electrons. The van der Waals surface area contributed by atoms with Crippen LogP contribution in [-0.4, -0.2) is 58.8 Å². The van der Waals surface area contributed by atoms with E-state index in [-0.39, 0.29) is 10.8 Å². The average Bonchev–Trinajstić information content (AvgIpc) is 3.16. The third kappa shape index (κ3) is 5.01. The maximum Gasteiger partial charge on any atom is 0.243 e. The van der Waals surface area contributed by atoms with Crippen LogP contribution in [0, 0.1) is 0 Å². The number of carbonyl (C=O) groups excluding carboxylic acids is 1. The van der Waals surface area contributed by atoms with Crippen LogP contribution >= 0.6 is 0 Å². The van der Waals surface area contributed by atoms with Crippen molar-refractivity contribution >= 4 is 27.0 Å². The third-order valence-electron chi connectivity index (χ3n) is 6.70. The third-order valence-corrected chi connectivity index (χ3v) is 8.74. The number of hydrogen-bond donors (Lipinski definition) is 0. The summed E-state index contributed by atoms with van der Waals surface area (Å²) < 4.78 is 29.4. The first-order valence-electron chi connectivity index (χ1n) is 12.2. The van der Waals surface area contributed by atoms with Crippen LogP contribution in [0.15, 0.2) is 23.1 Å². The highest BCUT2D eigenvalue weighted by Gasteiger charge is 2.25. The number of rotatable bonds is 10. The van der Waals surface area contributed by atoms with Crippen molar-refractivity contribution in [3.8, 4) is 0 Å². The zero-order chi connectivity index (χ0) is 23.3. The predicted octanol–water partition coefficient (Wildman–Crippen LogP) is 4.20. The second-order valence-corrected chi connectivity index (χ2v) is 10.4. The minimum absolute atomic E-state index is 0.193. The number of hydrogen-bond acceptors (Lipinski definition) is 4. The Bertz CT molecular complexity index is 1020. The molecule has 0 saturated heterocycles. The molecule has 1 amide bonds. The first-order valence-corrected chi connectivity index (χ1v) is 13.6. The highest BCUT2D eigenvalue weighted by Crippen LogP contribution is 2.25. The summed E-state index contributed by atoms with van der Waals surface area (Å²) >= 11 is 0. The molecule has 1 aromatic carbocycles. The van der Waals surface area contributed by atoms with Gasteiger partial charge in [0.15, 0.2) is 0 Å². The Morgan fingerprint density at radius 2 is 1.75 bits per heavy atom. The predicted molar refractivity (Wildman–Crippen MR) is 128 cm³/mol. The molecule has 2 aromatic rings. The molecular formula is C24H38N4O3S. The Labute approximate surface area is 192 Å². The SMILES string of the molecule is CCN(C(=O)CCc1nc2cc(S(=O)(=O)N(CC)CC)ccc2n1CC)C1CCCCC1. The van der Waals surface area contributed by atoms with Crippen molar-refractivity contribution in [1.29, 1.82) is 0 Å². The topological polar surface area (TPSA) is 75.5 Å². The van der Waals surface area contributed by atoms with Crippen LogP contribution in [0.5, 0.6) is 0 Å². The molecule has 0 spiro atoms. The van der Waals surface area contributed by atoms with Crippen LogP contribution in [-0.2, 0) is 27.8 Å². The quantitative estimate of drug-likeness (QED) is 0.530. The van der Waals surface area contributed by atoms with E-state index in [1.165, 1.54) is 23.6 Å². The van der Waals surface area contributed by atoms with Gasteiger partial charge < -0.3 is 9.47 Å². The van der Waals surface area contributed by atoms with E-state index in [1.807, 2.05) is 31.7 Å². The molecule has 178 valence electrons. The smallest absolute Gasteiger partial charge is 0.243 e. The second-order valence-electron chi connectivity index (χ2n) is 8.48. The molecule has 0 bridgehead atoms. The lowest BCUT2D eigenvalue weighted by Gasteiger charge is -2.33. The lowest BCUT2D eigenvalue weighted by molar-refractivity contribution is -0.133. The van der Waals surface area contributed by atoms with Crippen molar-refractivity contribution in [2.24, 2.45) is 0 Å². The summed E-state index contributed by atoms with van der Waals surface area (Å²) in [5.74, 6) is 1.03. The van der Waals surface area contributed by atoms with Gasteiger partial charge in [-0.25, -0.2) is 13.4 Å². The van der Waals surface area contributed by atoms with Gasteiger partial charge in [0, 0.05) is 45.1 Å². The maximum absolute atomic E-state index is 13.0. The van der Waals surface area contributed by atoms with Crippen molar-refractivity contribution < 1.29 is 13.2 Å². The average molecular weight is 463 g/mol. The summed E-state index contributed by atoms with van der Waals surface area (Å²) in [7, 11) is -3.53. The van der Waals surface area contributed by atoms with Gasteiger partial charge in [0.1, 0.15) is 5.82 Å². The molecule has 1 heterocycles. The van der Waals surface area contributed by atoms with Crippen LogP contribution in [0.2, 0.25) is 0 Å². The molecule has 3 rings (SSSR count). The molecule has 0 atom stereocenters. The van der Waals surface area contributed by atoms with E-state index >= 15 is 0 Å². The van der Waals surface area contributed by atoms with Crippen LogP contribution in [0.3, 0.4) is 0 Å². The van der Waals surface area contributed by atoms with Gasteiger partial charge in [-0.2, -0.15) is 4.31 Å². The number of fused-ring (bicyclic) bond motifs is 1. The van der Waals surface area contributed by atoms with Gasteiger partial charge >= 0.3 is 0 Å². The normalized spacial score (nSPS) is 15.5. The largest absolute Gasteiger partial charge is 0.340 e. The summed E-state index contributed by atoms with van der Waals surface area (Å²) in [5.41, 5.74) is 1.58. The molecule has 1 aliphatic carbocycles. The minimum Gasteiger partial charge on any atom is -0.340 e. The van der Waals surface area contributed by atoms with Gasteiger partial charge in [-0.3, -0.25) is 4.79 Å². The molecule has 0 N–H and O–H groups in total. The van der Waals surface area contributed by atoms with Gasteiger partial charge in [-0.1, -0.05) is 33.1 Å². The molecule has 0 aliphatic heterocycles. The number of aryl methyl sites for hydroxylation is 2. The summed E-state index contributed by atoms with van der Waals surface area (Å²) in [5, 5.41) is 0. The van der Waals surface area contributed by atoms with Gasteiger partial charge in [0.2, 0.25) is 15.9 Å². The number of carbonyl (C=O) groups is 1. The monoisotopic (exact) mass is 462 g/mol.